The Morgan fingerprint density at radius 3 is 3.17 bits per heavy atom. The summed E-state index contributed by atoms with van der Waals surface area (Å²) in [5, 5.41) is 0. The lowest BCUT2D eigenvalue weighted by Crippen LogP contribution is -2.35. The van der Waals surface area contributed by atoms with Gasteiger partial charge in [0.05, 0.1) is 12.2 Å². The number of likely N-dealkylation sites (N-methyl/N-ethyl adjacent to an activating group) is 1. The first kappa shape index (κ1) is 12.8. The molecule has 0 radical (unpaired) electrons. The highest BCUT2D eigenvalue weighted by molar-refractivity contribution is 5.87. The van der Waals surface area contributed by atoms with E-state index in [1.54, 1.807) is 12.3 Å². The van der Waals surface area contributed by atoms with Gasteiger partial charge in [0.25, 0.3) is 0 Å². The average Bonchev–Trinajstić information content (AvgIpc) is 2.37. The number of aromatic nitrogens is 1. The van der Waals surface area contributed by atoms with Gasteiger partial charge in [0.1, 0.15) is 0 Å². The lowest BCUT2D eigenvalue weighted by Gasteiger charge is -2.27. The number of amides is 1. The van der Waals surface area contributed by atoms with Crippen molar-refractivity contribution >= 4 is 5.91 Å². The number of hydrogen-bond donors (Lipinski definition) is 0. The van der Waals surface area contributed by atoms with Crippen LogP contribution in [0.5, 0.6) is 0 Å². The SMILES string of the molecule is CN(C)CC=CC(=O)N1CCc2cccnc2C1. The van der Waals surface area contributed by atoms with Crippen molar-refractivity contribution in [3.8, 4) is 0 Å². The van der Waals surface area contributed by atoms with Gasteiger partial charge < -0.3 is 9.80 Å². The Morgan fingerprint density at radius 2 is 2.39 bits per heavy atom. The molecule has 1 aliphatic rings. The van der Waals surface area contributed by atoms with Crippen LogP contribution in [0.15, 0.2) is 30.5 Å². The van der Waals surface area contributed by atoms with Crippen molar-refractivity contribution < 1.29 is 4.79 Å². The maximum absolute atomic E-state index is 12.0. The van der Waals surface area contributed by atoms with E-state index in [4.69, 9.17) is 0 Å². The fourth-order valence-corrected chi connectivity index (χ4v) is 2.01. The van der Waals surface area contributed by atoms with Crippen molar-refractivity contribution in [2.45, 2.75) is 13.0 Å². The van der Waals surface area contributed by atoms with Gasteiger partial charge in [-0.2, -0.15) is 0 Å². The molecule has 4 nitrogen and oxygen atoms in total. The molecule has 1 aromatic rings. The maximum atomic E-state index is 12.0. The minimum absolute atomic E-state index is 0.0770. The first-order valence-corrected chi connectivity index (χ1v) is 6.20. The van der Waals surface area contributed by atoms with E-state index in [1.807, 2.05) is 36.0 Å². The van der Waals surface area contributed by atoms with Crippen LogP contribution in [0.2, 0.25) is 0 Å². The summed E-state index contributed by atoms with van der Waals surface area (Å²) in [6.45, 7) is 2.19. The summed E-state index contributed by atoms with van der Waals surface area (Å²) in [5.41, 5.74) is 2.29. The van der Waals surface area contributed by atoms with Crippen LogP contribution < -0.4 is 0 Å². The van der Waals surface area contributed by atoms with Gasteiger partial charge in [-0.25, -0.2) is 0 Å². The molecule has 4 heteroatoms. The molecule has 0 saturated heterocycles. The Bertz CT molecular complexity index is 454. The molecule has 0 aromatic carbocycles. The van der Waals surface area contributed by atoms with Crippen LogP contribution in [-0.2, 0) is 17.8 Å². The molecule has 1 amide bonds. The average molecular weight is 245 g/mol. The van der Waals surface area contributed by atoms with Crippen molar-refractivity contribution in [1.29, 1.82) is 0 Å². The van der Waals surface area contributed by atoms with E-state index in [-0.39, 0.29) is 5.91 Å². The van der Waals surface area contributed by atoms with Gasteiger partial charge >= 0.3 is 0 Å². The maximum Gasteiger partial charge on any atom is 0.246 e. The van der Waals surface area contributed by atoms with E-state index in [2.05, 4.69) is 11.1 Å². The molecule has 96 valence electrons. The Balaban J connectivity index is 1.96. The van der Waals surface area contributed by atoms with Gasteiger partial charge in [0, 0.05) is 25.4 Å². The summed E-state index contributed by atoms with van der Waals surface area (Å²) in [4.78, 5) is 20.2. The lowest BCUT2D eigenvalue weighted by molar-refractivity contribution is -0.127. The monoisotopic (exact) mass is 245 g/mol. The first-order valence-electron chi connectivity index (χ1n) is 6.20. The number of carbonyl (C=O) groups is 1. The van der Waals surface area contributed by atoms with E-state index in [0.717, 1.165) is 25.2 Å². The summed E-state index contributed by atoms with van der Waals surface area (Å²) >= 11 is 0. The van der Waals surface area contributed by atoms with Crippen molar-refractivity contribution in [3.05, 3.63) is 41.7 Å². The number of hydrogen-bond acceptors (Lipinski definition) is 3. The van der Waals surface area contributed by atoms with Crippen LogP contribution in [0.1, 0.15) is 11.3 Å². The normalized spacial score (nSPS) is 15.2. The third-order valence-electron chi connectivity index (χ3n) is 3.02. The van der Waals surface area contributed by atoms with E-state index in [9.17, 15) is 4.79 Å². The predicted octanol–water partition coefficient (Wildman–Crippen LogP) is 1.08. The molecule has 2 rings (SSSR count). The highest BCUT2D eigenvalue weighted by atomic mass is 16.2. The molecule has 0 aliphatic carbocycles. The second kappa shape index (κ2) is 5.78. The van der Waals surface area contributed by atoms with E-state index in [0.29, 0.717) is 6.54 Å². The summed E-state index contributed by atoms with van der Waals surface area (Å²) in [5.74, 6) is 0.0770. The Labute approximate surface area is 108 Å². The molecule has 1 aromatic heterocycles. The predicted molar refractivity (Wildman–Crippen MR) is 71.1 cm³/mol. The quantitative estimate of drug-likeness (QED) is 0.748. The molecule has 0 spiro atoms. The minimum atomic E-state index is 0.0770. The third-order valence-corrected chi connectivity index (χ3v) is 3.02. The number of nitrogens with zero attached hydrogens (tertiary/aromatic N) is 3. The van der Waals surface area contributed by atoms with Crippen LogP contribution >= 0.6 is 0 Å². The zero-order valence-corrected chi connectivity index (χ0v) is 11.0. The largest absolute Gasteiger partial charge is 0.333 e. The molecule has 2 heterocycles. The molecule has 0 unspecified atom stereocenters. The molecule has 0 atom stereocenters. The van der Waals surface area contributed by atoms with Crippen LogP contribution in [0.3, 0.4) is 0 Å². The van der Waals surface area contributed by atoms with Gasteiger partial charge in [0.2, 0.25) is 5.91 Å². The molecule has 0 N–H and O–H groups in total. The third kappa shape index (κ3) is 3.17. The second-order valence-electron chi connectivity index (χ2n) is 4.78. The molecular formula is C14H19N3O. The summed E-state index contributed by atoms with van der Waals surface area (Å²) in [6.07, 6.45) is 6.25. The Hall–Kier alpha value is -1.68. The van der Waals surface area contributed by atoms with Gasteiger partial charge in [-0.15, -0.1) is 0 Å². The second-order valence-corrected chi connectivity index (χ2v) is 4.78. The Kier molecular flexibility index (Phi) is 4.10. The van der Waals surface area contributed by atoms with Crippen molar-refractivity contribution in [2.24, 2.45) is 0 Å². The van der Waals surface area contributed by atoms with Gasteiger partial charge in [-0.1, -0.05) is 12.1 Å². The van der Waals surface area contributed by atoms with E-state index < -0.39 is 0 Å². The standard InChI is InChI=1S/C14H19N3O/c1-16(2)9-4-6-14(18)17-10-7-12-5-3-8-15-13(12)11-17/h3-6,8H,7,9-11H2,1-2H3. The molecule has 0 bridgehead atoms. The zero-order chi connectivity index (χ0) is 13.0. The van der Waals surface area contributed by atoms with Crippen molar-refractivity contribution in [2.75, 3.05) is 27.2 Å². The van der Waals surface area contributed by atoms with Crippen LogP contribution in [-0.4, -0.2) is 47.9 Å². The smallest absolute Gasteiger partial charge is 0.246 e. The molecule has 1 aliphatic heterocycles. The number of pyridine rings is 1. The highest BCUT2D eigenvalue weighted by Crippen LogP contribution is 2.16. The number of rotatable bonds is 3. The van der Waals surface area contributed by atoms with E-state index in [1.165, 1.54) is 5.56 Å². The molecule has 0 fully saturated rings. The summed E-state index contributed by atoms with van der Waals surface area (Å²) in [7, 11) is 3.96. The van der Waals surface area contributed by atoms with Gasteiger partial charge in [-0.05, 0) is 32.1 Å². The first-order chi connectivity index (χ1) is 8.66. The number of carbonyl (C=O) groups excluding carboxylic acids is 1. The summed E-state index contributed by atoms with van der Waals surface area (Å²) in [6, 6.07) is 4.04. The minimum Gasteiger partial charge on any atom is -0.333 e. The van der Waals surface area contributed by atoms with Gasteiger partial charge in [0.15, 0.2) is 0 Å². The van der Waals surface area contributed by atoms with Crippen LogP contribution in [0, 0.1) is 0 Å². The highest BCUT2D eigenvalue weighted by Gasteiger charge is 2.19. The van der Waals surface area contributed by atoms with Crippen LogP contribution in [0.25, 0.3) is 0 Å². The molecule has 0 saturated carbocycles. The van der Waals surface area contributed by atoms with Gasteiger partial charge in [-0.3, -0.25) is 9.78 Å². The van der Waals surface area contributed by atoms with Crippen LogP contribution in [0.4, 0.5) is 0 Å². The fraction of sp³-hybridized carbons (Fsp3) is 0.429. The topological polar surface area (TPSA) is 36.4 Å². The van der Waals surface area contributed by atoms with E-state index >= 15 is 0 Å². The zero-order valence-electron chi connectivity index (χ0n) is 11.0. The lowest BCUT2D eigenvalue weighted by atomic mass is 10.1. The Morgan fingerprint density at radius 1 is 1.56 bits per heavy atom. The molecular weight excluding hydrogens is 226 g/mol. The number of fused-ring (bicyclic) bond motifs is 1. The summed E-state index contributed by atoms with van der Waals surface area (Å²) < 4.78 is 0. The van der Waals surface area contributed by atoms with Crippen molar-refractivity contribution in [3.63, 3.8) is 0 Å². The van der Waals surface area contributed by atoms with Crippen molar-refractivity contribution in [1.82, 2.24) is 14.8 Å². The fourth-order valence-electron chi connectivity index (χ4n) is 2.01. The molecule has 18 heavy (non-hydrogen) atoms.